The predicted octanol–water partition coefficient (Wildman–Crippen LogP) is 0.556. The number of nitrogens with zero attached hydrogens (tertiary/aromatic N) is 4. The molecule has 5 nitrogen and oxygen atoms in total. The summed E-state index contributed by atoms with van der Waals surface area (Å²) >= 11 is 0. The van der Waals surface area contributed by atoms with Gasteiger partial charge in [0.2, 0.25) is 0 Å². The van der Waals surface area contributed by atoms with E-state index in [-0.39, 0.29) is 0 Å². The van der Waals surface area contributed by atoms with Crippen molar-refractivity contribution < 1.29 is 0 Å². The molecule has 0 aromatic carbocycles. The Morgan fingerprint density at radius 3 is 2.79 bits per heavy atom. The first-order valence-electron chi connectivity index (χ1n) is 4.43. The van der Waals surface area contributed by atoms with Gasteiger partial charge in [-0.05, 0) is 13.0 Å². The van der Waals surface area contributed by atoms with Crippen LogP contribution in [0.3, 0.4) is 0 Å². The molecule has 5 heteroatoms. The largest absolute Gasteiger partial charge is 0.396 e. The van der Waals surface area contributed by atoms with Gasteiger partial charge in [0, 0.05) is 13.2 Å². The average Bonchev–Trinajstić information content (AvgIpc) is 2.67. The number of nitrogens with two attached hydrogens (primary N) is 1. The summed E-state index contributed by atoms with van der Waals surface area (Å²) in [5, 5.41) is 8.43. The van der Waals surface area contributed by atoms with Gasteiger partial charge in [-0.1, -0.05) is 0 Å². The van der Waals surface area contributed by atoms with Gasteiger partial charge in [-0.3, -0.25) is 9.36 Å². The molecule has 0 aliphatic heterocycles. The van der Waals surface area contributed by atoms with Crippen molar-refractivity contribution in [2.75, 3.05) is 5.73 Å². The normalized spacial score (nSPS) is 10.7. The van der Waals surface area contributed by atoms with Crippen LogP contribution in [0.5, 0.6) is 0 Å². The van der Waals surface area contributed by atoms with E-state index >= 15 is 0 Å². The number of rotatable bonds is 2. The van der Waals surface area contributed by atoms with Gasteiger partial charge in [0.05, 0.1) is 29.8 Å². The van der Waals surface area contributed by atoms with Gasteiger partial charge in [-0.25, -0.2) is 0 Å². The Morgan fingerprint density at radius 1 is 1.50 bits per heavy atom. The second-order valence-electron chi connectivity index (χ2n) is 3.32. The molecule has 0 bridgehead atoms. The minimum absolute atomic E-state index is 0.671. The highest BCUT2D eigenvalue weighted by Crippen LogP contribution is 2.09. The lowest BCUT2D eigenvalue weighted by Crippen LogP contribution is -2.05. The third-order valence-electron chi connectivity index (χ3n) is 2.22. The number of anilines is 1. The fourth-order valence-corrected chi connectivity index (χ4v) is 1.32. The Labute approximate surface area is 82.1 Å². The molecular formula is C9H13N5. The van der Waals surface area contributed by atoms with Crippen molar-refractivity contribution in [2.24, 2.45) is 7.05 Å². The first-order valence-corrected chi connectivity index (χ1v) is 4.43. The predicted molar refractivity (Wildman–Crippen MR) is 53.7 cm³/mol. The maximum atomic E-state index is 5.69. The SMILES string of the molecule is Cc1c(N)cnn1Cc1ccn(C)n1. The summed E-state index contributed by atoms with van der Waals surface area (Å²) in [4.78, 5) is 0. The molecular weight excluding hydrogens is 178 g/mol. The first kappa shape index (κ1) is 8.80. The van der Waals surface area contributed by atoms with Crippen LogP contribution in [-0.4, -0.2) is 19.6 Å². The van der Waals surface area contributed by atoms with Crippen molar-refractivity contribution in [1.82, 2.24) is 19.6 Å². The lowest BCUT2D eigenvalue weighted by atomic mass is 10.4. The molecule has 0 aliphatic carbocycles. The molecule has 0 radical (unpaired) electrons. The summed E-state index contributed by atoms with van der Waals surface area (Å²) in [6, 6.07) is 1.97. The Morgan fingerprint density at radius 2 is 2.29 bits per heavy atom. The van der Waals surface area contributed by atoms with E-state index in [4.69, 9.17) is 5.73 Å². The maximum absolute atomic E-state index is 5.69. The molecule has 2 N–H and O–H groups in total. The van der Waals surface area contributed by atoms with E-state index in [1.165, 1.54) is 0 Å². The fourth-order valence-electron chi connectivity index (χ4n) is 1.32. The highest BCUT2D eigenvalue weighted by molar-refractivity contribution is 5.39. The van der Waals surface area contributed by atoms with E-state index in [1.54, 1.807) is 10.9 Å². The van der Waals surface area contributed by atoms with Gasteiger partial charge in [-0.2, -0.15) is 10.2 Å². The lowest BCUT2D eigenvalue weighted by Gasteiger charge is -2.01. The van der Waals surface area contributed by atoms with Crippen molar-refractivity contribution in [2.45, 2.75) is 13.5 Å². The topological polar surface area (TPSA) is 61.7 Å². The molecule has 0 fully saturated rings. The van der Waals surface area contributed by atoms with Gasteiger partial charge in [0.1, 0.15) is 0 Å². The zero-order valence-electron chi connectivity index (χ0n) is 8.31. The molecule has 2 aromatic rings. The van der Waals surface area contributed by atoms with Gasteiger partial charge in [0.25, 0.3) is 0 Å². The van der Waals surface area contributed by atoms with E-state index in [9.17, 15) is 0 Å². The molecule has 0 saturated carbocycles. The number of aryl methyl sites for hydroxylation is 1. The molecule has 14 heavy (non-hydrogen) atoms. The van der Waals surface area contributed by atoms with Crippen molar-refractivity contribution in [1.29, 1.82) is 0 Å². The van der Waals surface area contributed by atoms with Crippen LogP contribution < -0.4 is 5.73 Å². The Kier molecular flexibility index (Phi) is 1.99. The summed E-state index contributed by atoms with van der Waals surface area (Å²) in [7, 11) is 1.90. The van der Waals surface area contributed by atoms with Gasteiger partial charge < -0.3 is 5.73 Å². The molecule has 2 heterocycles. The smallest absolute Gasteiger partial charge is 0.0853 e. The molecule has 0 amide bonds. The van der Waals surface area contributed by atoms with Gasteiger partial charge >= 0.3 is 0 Å². The fraction of sp³-hybridized carbons (Fsp3) is 0.333. The van der Waals surface area contributed by atoms with E-state index in [0.717, 1.165) is 17.1 Å². The minimum atomic E-state index is 0.671. The molecule has 0 unspecified atom stereocenters. The van der Waals surface area contributed by atoms with Crippen LogP contribution in [-0.2, 0) is 13.6 Å². The van der Waals surface area contributed by atoms with Crippen LogP contribution in [0.15, 0.2) is 18.5 Å². The second-order valence-corrected chi connectivity index (χ2v) is 3.32. The van der Waals surface area contributed by atoms with Gasteiger partial charge in [-0.15, -0.1) is 0 Å². The van der Waals surface area contributed by atoms with Crippen LogP contribution in [0, 0.1) is 6.92 Å². The van der Waals surface area contributed by atoms with E-state index < -0.39 is 0 Å². The van der Waals surface area contributed by atoms with Crippen LogP contribution in [0.4, 0.5) is 5.69 Å². The Hall–Kier alpha value is -1.78. The monoisotopic (exact) mass is 191 g/mol. The van der Waals surface area contributed by atoms with E-state index in [1.807, 2.05) is 30.9 Å². The number of hydrogen-bond acceptors (Lipinski definition) is 3. The highest BCUT2D eigenvalue weighted by Gasteiger charge is 2.04. The number of aromatic nitrogens is 4. The molecule has 0 spiro atoms. The van der Waals surface area contributed by atoms with Crippen LogP contribution in [0.2, 0.25) is 0 Å². The summed E-state index contributed by atoms with van der Waals surface area (Å²) in [6.07, 6.45) is 3.58. The van der Waals surface area contributed by atoms with Crippen molar-refractivity contribution in [3.8, 4) is 0 Å². The van der Waals surface area contributed by atoms with Crippen LogP contribution >= 0.6 is 0 Å². The maximum Gasteiger partial charge on any atom is 0.0853 e. The molecule has 0 atom stereocenters. The minimum Gasteiger partial charge on any atom is -0.396 e. The summed E-state index contributed by atoms with van der Waals surface area (Å²) in [6.45, 7) is 2.62. The zero-order chi connectivity index (χ0) is 10.1. The van der Waals surface area contributed by atoms with Crippen LogP contribution in [0.25, 0.3) is 0 Å². The quantitative estimate of drug-likeness (QED) is 0.754. The molecule has 0 aliphatic rings. The first-order chi connectivity index (χ1) is 6.66. The lowest BCUT2D eigenvalue weighted by molar-refractivity contribution is 0.635. The van der Waals surface area contributed by atoms with E-state index in [2.05, 4.69) is 10.2 Å². The standard InChI is InChI=1S/C9H13N5/c1-7-9(10)5-11-14(7)6-8-3-4-13(2)12-8/h3-5H,6,10H2,1-2H3. The number of hydrogen-bond donors (Lipinski definition) is 1. The van der Waals surface area contributed by atoms with Gasteiger partial charge in [0.15, 0.2) is 0 Å². The van der Waals surface area contributed by atoms with Crippen molar-refractivity contribution in [3.05, 3.63) is 29.8 Å². The number of nitrogen functional groups attached to an aromatic ring is 1. The molecule has 74 valence electrons. The van der Waals surface area contributed by atoms with Crippen molar-refractivity contribution >= 4 is 5.69 Å². The van der Waals surface area contributed by atoms with Crippen molar-refractivity contribution in [3.63, 3.8) is 0 Å². The third kappa shape index (κ3) is 1.48. The summed E-state index contributed by atoms with van der Waals surface area (Å²) in [5.41, 5.74) is 8.38. The summed E-state index contributed by atoms with van der Waals surface area (Å²) in [5.74, 6) is 0. The zero-order valence-corrected chi connectivity index (χ0v) is 8.31. The Bertz CT molecular complexity index is 440. The van der Waals surface area contributed by atoms with E-state index in [0.29, 0.717) is 6.54 Å². The molecule has 0 saturated heterocycles. The summed E-state index contributed by atoms with van der Waals surface area (Å²) < 4.78 is 3.62. The third-order valence-corrected chi connectivity index (χ3v) is 2.22. The second kappa shape index (κ2) is 3.17. The highest BCUT2D eigenvalue weighted by atomic mass is 15.3. The average molecular weight is 191 g/mol. The Balaban J connectivity index is 2.22. The van der Waals surface area contributed by atoms with Crippen LogP contribution in [0.1, 0.15) is 11.4 Å². The molecule has 2 rings (SSSR count). The molecule has 2 aromatic heterocycles.